The molecule has 0 radical (unpaired) electrons. The monoisotopic (exact) mass is 384 g/mol. The molecule has 25 heavy (non-hydrogen) atoms. The summed E-state index contributed by atoms with van der Waals surface area (Å²) in [7, 11) is 0. The highest BCUT2D eigenvalue weighted by Crippen LogP contribution is 2.38. The smallest absolute Gasteiger partial charge is 0.157 e. The Kier molecular flexibility index (Phi) is 8.37. The van der Waals surface area contributed by atoms with Gasteiger partial charge in [0.25, 0.3) is 0 Å². The lowest BCUT2D eigenvalue weighted by Crippen LogP contribution is -2.31. The lowest BCUT2D eigenvalue weighted by molar-refractivity contribution is -0.164. The van der Waals surface area contributed by atoms with Gasteiger partial charge in [-0.3, -0.25) is 0 Å². The number of benzene rings is 1. The van der Waals surface area contributed by atoms with E-state index in [0.717, 1.165) is 44.3 Å². The number of hydrogen-bond donors (Lipinski definition) is 2. The van der Waals surface area contributed by atoms with E-state index in [0.29, 0.717) is 29.5 Å². The second-order valence-electron chi connectivity index (χ2n) is 6.48. The third kappa shape index (κ3) is 5.78. The highest BCUT2D eigenvalue weighted by molar-refractivity contribution is 6.42. The third-order valence-corrected chi connectivity index (χ3v) is 5.55. The molecule has 1 fully saturated rings. The summed E-state index contributed by atoms with van der Waals surface area (Å²) in [5, 5.41) is 16.1. The van der Waals surface area contributed by atoms with E-state index in [1.54, 1.807) is 6.07 Å². The molecule has 138 valence electrons. The number of ether oxygens (including phenoxy) is 2. The molecule has 2 unspecified atom stereocenters. The maximum absolute atomic E-state index is 7.66. The maximum atomic E-state index is 7.66. The van der Waals surface area contributed by atoms with Crippen LogP contribution in [0.4, 0.5) is 0 Å². The molecule has 2 N–H and O–H groups in total. The Morgan fingerprint density at radius 3 is 2.64 bits per heavy atom. The van der Waals surface area contributed by atoms with Gasteiger partial charge >= 0.3 is 0 Å². The molecule has 2 rings (SSSR count). The second-order valence-corrected chi connectivity index (χ2v) is 7.29. The van der Waals surface area contributed by atoms with E-state index < -0.39 is 0 Å². The van der Waals surface area contributed by atoms with Crippen molar-refractivity contribution in [3.8, 4) is 0 Å². The minimum absolute atomic E-state index is 0.122. The van der Waals surface area contributed by atoms with E-state index in [2.05, 4.69) is 0 Å². The molecule has 1 aliphatic heterocycles. The lowest BCUT2D eigenvalue weighted by Gasteiger charge is -2.34. The van der Waals surface area contributed by atoms with Crippen LogP contribution in [0.5, 0.6) is 0 Å². The molecule has 0 spiro atoms. The zero-order valence-corrected chi connectivity index (χ0v) is 15.9. The largest absolute Gasteiger partial charge is 0.353 e. The standard InChI is InChI=1S/C19H26Cl2N2O2/c20-16-6-5-15(14-17(16)21)19(8-11-23,7-3-10-22)9-13-25-18-4-1-2-12-24-18/h5-6,10-11,14,18,22-23H,1-4,7-9,12-13H2. The van der Waals surface area contributed by atoms with Crippen molar-refractivity contribution in [3.63, 3.8) is 0 Å². The predicted octanol–water partition coefficient (Wildman–Crippen LogP) is 5.63. The molecule has 1 saturated heterocycles. The summed E-state index contributed by atoms with van der Waals surface area (Å²) in [6, 6.07) is 5.65. The molecular weight excluding hydrogens is 359 g/mol. The van der Waals surface area contributed by atoms with Crippen molar-refractivity contribution in [1.29, 1.82) is 10.8 Å². The molecule has 1 aromatic rings. The Hall–Kier alpha value is -0.940. The molecule has 6 heteroatoms. The van der Waals surface area contributed by atoms with Gasteiger partial charge in [-0.2, -0.15) is 0 Å². The van der Waals surface area contributed by atoms with Gasteiger partial charge in [0.05, 0.1) is 16.7 Å². The summed E-state index contributed by atoms with van der Waals surface area (Å²) in [4.78, 5) is 0. The van der Waals surface area contributed by atoms with Crippen LogP contribution in [0, 0.1) is 10.8 Å². The zero-order valence-electron chi connectivity index (χ0n) is 14.4. The SMILES string of the molecule is N=CCCC(CC=N)(CCOC1CCCCO1)c1ccc(Cl)c(Cl)c1. The van der Waals surface area contributed by atoms with Gasteiger partial charge in [-0.15, -0.1) is 0 Å². The number of hydrogen-bond acceptors (Lipinski definition) is 4. The first-order chi connectivity index (χ1) is 12.1. The highest BCUT2D eigenvalue weighted by atomic mass is 35.5. The summed E-state index contributed by atoms with van der Waals surface area (Å²) in [6.45, 7) is 1.31. The van der Waals surface area contributed by atoms with Gasteiger partial charge in [0, 0.05) is 12.0 Å². The van der Waals surface area contributed by atoms with Crippen LogP contribution >= 0.6 is 23.2 Å². The molecule has 1 aromatic carbocycles. The molecular formula is C19H26Cl2N2O2. The van der Waals surface area contributed by atoms with Crippen molar-refractivity contribution in [2.75, 3.05) is 13.2 Å². The van der Waals surface area contributed by atoms with E-state index in [4.69, 9.17) is 43.5 Å². The molecule has 0 bridgehead atoms. The number of halogens is 2. The zero-order chi connectivity index (χ0) is 18.1. The van der Waals surface area contributed by atoms with Gasteiger partial charge in [0.2, 0.25) is 0 Å². The molecule has 0 amide bonds. The van der Waals surface area contributed by atoms with Crippen molar-refractivity contribution in [1.82, 2.24) is 0 Å². The third-order valence-electron chi connectivity index (χ3n) is 4.81. The van der Waals surface area contributed by atoms with Crippen LogP contribution in [0.1, 0.15) is 50.5 Å². The molecule has 0 aliphatic carbocycles. The van der Waals surface area contributed by atoms with E-state index >= 15 is 0 Å². The Balaban J connectivity index is 2.15. The van der Waals surface area contributed by atoms with Crippen LogP contribution < -0.4 is 0 Å². The minimum atomic E-state index is -0.289. The molecule has 4 nitrogen and oxygen atoms in total. The Labute approximate surface area is 159 Å². The van der Waals surface area contributed by atoms with Crippen molar-refractivity contribution < 1.29 is 9.47 Å². The van der Waals surface area contributed by atoms with E-state index in [9.17, 15) is 0 Å². The van der Waals surface area contributed by atoms with Crippen LogP contribution in [0.25, 0.3) is 0 Å². The van der Waals surface area contributed by atoms with Crippen molar-refractivity contribution in [2.45, 2.75) is 56.7 Å². The maximum Gasteiger partial charge on any atom is 0.157 e. The Morgan fingerprint density at radius 1 is 1.16 bits per heavy atom. The first-order valence-corrected chi connectivity index (χ1v) is 9.53. The fourth-order valence-electron chi connectivity index (χ4n) is 3.33. The van der Waals surface area contributed by atoms with Crippen LogP contribution in [0.3, 0.4) is 0 Å². The van der Waals surface area contributed by atoms with Crippen molar-refractivity contribution >= 4 is 35.6 Å². The summed E-state index contributed by atoms with van der Waals surface area (Å²) in [5.41, 5.74) is 0.753. The van der Waals surface area contributed by atoms with Crippen LogP contribution in [0.15, 0.2) is 18.2 Å². The van der Waals surface area contributed by atoms with E-state index in [1.807, 2.05) is 12.1 Å². The number of rotatable bonds is 10. The van der Waals surface area contributed by atoms with Gasteiger partial charge < -0.3 is 20.3 Å². The van der Waals surface area contributed by atoms with Gasteiger partial charge in [-0.25, -0.2) is 0 Å². The Bertz CT molecular complexity index is 577. The highest BCUT2D eigenvalue weighted by Gasteiger charge is 2.31. The van der Waals surface area contributed by atoms with Crippen LogP contribution in [0.2, 0.25) is 10.0 Å². The predicted molar refractivity (Wildman–Crippen MR) is 104 cm³/mol. The summed E-state index contributed by atoms with van der Waals surface area (Å²) >= 11 is 12.3. The fourth-order valence-corrected chi connectivity index (χ4v) is 3.63. The molecule has 0 saturated carbocycles. The first-order valence-electron chi connectivity index (χ1n) is 8.78. The van der Waals surface area contributed by atoms with Crippen molar-refractivity contribution in [3.05, 3.63) is 33.8 Å². The molecule has 2 atom stereocenters. The second kappa shape index (κ2) is 10.3. The van der Waals surface area contributed by atoms with Crippen molar-refractivity contribution in [2.24, 2.45) is 0 Å². The summed E-state index contributed by atoms with van der Waals surface area (Å²) in [5.74, 6) is 0. The van der Waals surface area contributed by atoms with Gasteiger partial charge in [-0.1, -0.05) is 29.3 Å². The van der Waals surface area contributed by atoms with Gasteiger partial charge in [0.1, 0.15) is 0 Å². The average Bonchev–Trinajstić information content (AvgIpc) is 2.63. The van der Waals surface area contributed by atoms with Crippen LogP contribution in [-0.2, 0) is 14.9 Å². The lowest BCUT2D eigenvalue weighted by atomic mass is 9.72. The summed E-state index contributed by atoms with van der Waals surface area (Å²) < 4.78 is 11.6. The fraction of sp³-hybridized carbons (Fsp3) is 0.579. The first kappa shape index (κ1) is 20.4. The minimum Gasteiger partial charge on any atom is -0.353 e. The molecule has 1 heterocycles. The van der Waals surface area contributed by atoms with E-state index in [-0.39, 0.29) is 11.7 Å². The topological polar surface area (TPSA) is 66.2 Å². The molecule has 1 aliphatic rings. The van der Waals surface area contributed by atoms with Gasteiger partial charge in [0.15, 0.2) is 6.29 Å². The van der Waals surface area contributed by atoms with Gasteiger partial charge in [-0.05, 0) is 75.1 Å². The van der Waals surface area contributed by atoms with Crippen LogP contribution in [-0.4, -0.2) is 31.9 Å². The quantitative estimate of drug-likeness (QED) is 0.512. The Morgan fingerprint density at radius 2 is 2.00 bits per heavy atom. The number of nitrogens with one attached hydrogen (secondary N) is 2. The molecule has 0 aromatic heterocycles. The summed E-state index contributed by atoms with van der Waals surface area (Å²) in [6.07, 6.45) is 8.63. The average molecular weight is 385 g/mol. The van der Waals surface area contributed by atoms with E-state index in [1.165, 1.54) is 12.4 Å². The normalized spacial score (nSPS) is 20.0.